The number of carboxylic acids is 1. The third kappa shape index (κ3) is 1.71. The molecule has 0 spiro atoms. The summed E-state index contributed by atoms with van der Waals surface area (Å²) < 4.78 is 11.4. The van der Waals surface area contributed by atoms with Crippen LogP contribution in [0.5, 0.6) is 0 Å². The Labute approximate surface area is 109 Å². The number of aryl methyl sites for hydroxylation is 3. The number of carboxylic acid groups (broad SMARTS) is 1. The maximum absolute atomic E-state index is 11.1. The molecule has 0 saturated carbocycles. The fourth-order valence-electron chi connectivity index (χ4n) is 2.61. The summed E-state index contributed by atoms with van der Waals surface area (Å²) in [5.41, 5.74) is 3.09. The average molecular weight is 258 g/mol. The van der Waals surface area contributed by atoms with Gasteiger partial charge in [-0.3, -0.25) is 4.79 Å². The van der Waals surface area contributed by atoms with Gasteiger partial charge >= 0.3 is 5.97 Å². The number of rotatable bonds is 2. The number of hydrogen-bond acceptors (Lipinski definition) is 3. The van der Waals surface area contributed by atoms with Gasteiger partial charge in [0.15, 0.2) is 0 Å². The van der Waals surface area contributed by atoms with Crippen LogP contribution in [0.3, 0.4) is 0 Å². The first kappa shape index (κ1) is 11.8. The molecule has 0 fully saturated rings. The first-order valence-electron chi connectivity index (χ1n) is 6.11. The summed E-state index contributed by atoms with van der Waals surface area (Å²) >= 11 is 0. The molecule has 19 heavy (non-hydrogen) atoms. The molecule has 0 bridgehead atoms. The lowest BCUT2D eigenvalue weighted by Gasteiger charge is -2.04. The topological polar surface area (TPSA) is 63.6 Å². The van der Waals surface area contributed by atoms with Gasteiger partial charge in [0.1, 0.15) is 22.7 Å². The van der Waals surface area contributed by atoms with Gasteiger partial charge in [-0.25, -0.2) is 0 Å². The second-order valence-corrected chi connectivity index (χ2v) is 4.87. The molecule has 2 aromatic heterocycles. The van der Waals surface area contributed by atoms with E-state index < -0.39 is 5.97 Å². The highest BCUT2D eigenvalue weighted by Crippen LogP contribution is 2.36. The van der Waals surface area contributed by atoms with Crippen molar-refractivity contribution < 1.29 is 18.7 Å². The van der Waals surface area contributed by atoms with Crippen molar-refractivity contribution in [3.63, 3.8) is 0 Å². The summed E-state index contributed by atoms with van der Waals surface area (Å²) in [5, 5.41) is 10.9. The van der Waals surface area contributed by atoms with E-state index in [2.05, 4.69) is 0 Å². The molecule has 0 atom stereocenters. The van der Waals surface area contributed by atoms with Gasteiger partial charge < -0.3 is 13.9 Å². The van der Waals surface area contributed by atoms with Gasteiger partial charge in [-0.2, -0.15) is 0 Å². The zero-order chi connectivity index (χ0) is 13.7. The van der Waals surface area contributed by atoms with E-state index in [0.717, 1.165) is 33.4 Å². The van der Waals surface area contributed by atoms with Crippen molar-refractivity contribution in [2.75, 3.05) is 0 Å². The van der Waals surface area contributed by atoms with Gasteiger partial charge in [-0.05, 0) is 32.9 Å². The van der Waals surface area contributed by atoms with Gasteiger partial charge in [-0.1, -0.05) is 0 Å². The van der Waals surface area contributed by atoms with Crippen molar-refractivity contribution in [2.24, 2.45) is 0 Å². The van der Waals surface area contributed by atoms with Crippen molar-refractivity contribution in [2.45, 2.75) is 27.2 Å². The summed E-state index contributed by atoms with van der Waals surface area (Å²) in [4.78, 5) is 11.1. The van der Waals surface area contributed by atoms with Gasteiger partial charge in [0, 0.05) is 21.9 Å². The van der Waals surface area contributed by atoms with Crippen molar-refractivity contribution in [3.8, 4) is 0 Å². The molecule has 3 aromatic rings. The Balaban J connectivity index is 2.50. The Morgan fingerprint density at radius 3 is 2.26 bits per heavy atom. The molecule has 98 valence electrons. The molecular weight excluding hydrogens is 244 g/mol. The minimum atomic E-state index is -0.876. The summed E-state index contributed by atoms with van der Waals surface area (Å²) in [7, 11) is 0. The lowest BCUT2D eigenvalue weighted by molar-refractivity contribution is -0.136. The molecule has 0 aliphatic carbocycles. The molecule has 0 unspecified atom stereocenters. The molecule has 0 saturated heterocycles. The molecule has 2 heterocycles. The molecule has 3 rings (SSSR count). The molecule has 1 N–H and O–H groups in total. The third-order valence-corrected chi connectivity index (χ3v) is 3.38. The van der Waals surface area contributed by atoms with Gasteiger partial charge in [0.05, 0.1) is 6.42 Å². The van der Waals surface area contributed by atoms with E-state index in [0.29, 0.717) is 11.1 Å². The molecule has 4 nitrogen and oxygen atoms in total. The average Bonchev–Trinajstić information content (AvgIpc) is 2.87. The number of hydrogen-bond donors (Lipinski definition) is 1. The first-order chi connectivity index (χ1) is 8.97. The van der Waals surface area contributed by atoms with Crippen LogP contribution in [0.1, 0.15) is 22.6 Å². The van der Waals surface area contributed by atoms with Crippen molar-refractivity contribution in [3.05, 3.63) is 34.8 Å². The van der Waals surface area contributed by atoms with E-state index in [1.54, 1.807) is 0 Å². The Morgan fingerprint density at radius 1 is 1.05 bits per heavy atom. The Bertz CT molecular complexity index is 747. The van der Waals surface area contributed by atoms with Crippen LogP contribution in [-0.4, -0.2) is 11.1 Å². The van der Waals surface area contributed by atoms with Crippen LogP contribution in [-0.2, 0) is 11.2 Å². The number of furan rings is 2. The van der Waals surface area contributed by atoms with Crippen LogP contribution in [0.2, 0.25) is 0 Å². The Morgan fingerprint density at radius 2 is 1.63 bits per heavy atom. The van der Waals surface area contributed by atoms with Crippen LogP contribution in [0.15, 0.2) is 21.0 Å². The predicted octanol–water partition coefficient (Wildman–Crippen LogP) is 3.73. The number of fused-ring (bicyclic) bond motifs is 2. The summed E-state index contributed by atoms with van der Waals surface area (Å²) in [6.07, 6.45) is -0.0702. The van der Waals surface area contributed by atoms with Gasteiger partial charge in [0.25, 0.3) is 0 Å². The predicted molar refractivity (Wildman–Crippen MR) is 71.5 cm³/mol. The fourth-order valence-corrected chi connectivity index (χ4v) is 2.61. The molecule has 4 heteroatoms. The lowest BCUT2D eigenvalue weighted by Crippen LogP contribution is -2.01. The van der Waals surface area contributed by atoms with Gasteiger partial charge in [-0.15, -0.1) is 0 Å². The van der Waals surface area contributed by atoms with E-state index in [-0.39, 0.29) is 6.42 Å². The monoisotopic (exact) mass is 258 g/mol. The Kier molecular flexibility index (Phi) is 2.42. The van der Waals surface area contributed by atoms with Crippen LogP contribution in [0, 0.1) is 20.8 Å². The zero-order valence-corrected chi connectivity index (χ0v) is 11.0. The Hall–Kier alpha value is -2.23. The van der Waals surface area contributed by atoms with E-state index in [1.165, 1.54) is 0 Å². The molecule has 0 radical (unpaired) electrons. The normalized spacial score (nSPS) is 11.5. The summed E-state index contributed by atoms with van der Waals surface area (Å²) in [6, 6.07) is 3.80. The number of benzene rings is 1. The molecule has 0 aliphatic rings. The first-order valence-corrected chi connectivity index (χ1v) is 6.11. The van der Waals surface area contributed by atoms with E-state index >= 15 is 0 Å². The van der Waals surface area contributed by atoms with E-state index in [9.17, 15) is 4.79 Å². The van der Waals surface area contributed by atoms with E-state index in [4.69, 9.17) is 13.9 Å². The third-order valence-electron chi connectivity index (χ3n) is 3.38. The van der Waals surface area contributed by atoms with Crippen molar-refractivity contribution >= 4 is 27.9 Å². The van der Waals surface area contributed by atoms with Crippen LogP contribution in [0.4, 0.5) is 0 Å². The molecular formula is C15H14O4. The molecule has 0 amide bonds. The SMILES string of the molecule is Cc1cc2c(CC(=O)O)c3oc(C)cc3c(C)c2o1. The quantitative estimate of drug-likeness (QED) is 0.760. The lowest BCUT2D eigenvalue weighted by atomic mass is 10.00. The summed E-state index contributed by atoms with van der Waals surface area (Å²) in [6.45, 7) is 5.68. The molecule has 1 aromatic carbocycles. The minimum Gasteiger partial charge on any atom is -0.481 e. The maximum atomic E-state index is 11.1. The van der Waals surface area contributed by atoms with Crippen LogP contribution < -0.4 is 0 Å². The highest BCUT2D eigenvalue weighted by Gasteiger charge is 2.19. The largest absolute Gasteiger partial charge is 0.481 e. The van der Waals surface area contributed by atoms with Crippen molar-refractivity contribution in [1.82, 2.24) is 0 Å². The second-order valence-electron chi connectivity index (χ2n) is 4.87. The van der Waals surface area contributed by atoms with Crippen LogP contribution >= 0.6 is 0 Å². The van der Waals surface area contributed by atoms with Gasteiger partial charge in [0.2, 0.25) is 0 Å². The number of carbonyl (C=O) groups is 1. The standard InChI is InChI=1S/C15H14O4/c1-7-4-10-9(3)14-11(5-8(2)18-14)12(6-13(16)17)15(10)19-7/h4-5H,6H2,1-3H3,(H,16,17). The van der Waals surface area contributed by atoms with E-state index in [1.807, 2.05) is 32.9 Å². The highest BCUT2D eigenvalue weighted by atomic mass is 16.4. The summed E-state index contributed by atoms with van der Waals surface area (Å²) in [5.74, 6) is 0.669. The second kappa shape index (κ2) is 3.88. The minimum absolute atomic E-state index is 0.0702. The highest BCUT2D eigenvalue weighted by molar-refractivity contribution is 6.03. The fraction of sp³-hybridized carbons (Fsp3) is 0.267. The van der Waals surface area contributed by atoms with Crippen LogP contribution in [0.25, 0.3) is 21.9 Å². The molecule has 0 aliphatic heterocycles. The smallest absolute Gasteiger partial charge is 0.307 e. The van der Waals surface area contributed by atoms with Crippen molar-refractivity contribution in [1.29, 1.82) is 0 Å². The zero-order valence-electron chi connectivity index (χ0n) is 11.0. The maximum Gasteiger partial charge on any atom is 0.307 e. The number of aliphatic carboxylic acids is 1.